The maximum absolute atomic E-state index is 13.6. The number of halogens is 1. The van der Waals surface area contributed by atoms with Crippen LogP contribution in [0.2, 0.25) is 0 Å². The minimum atomic E-state index is -0.225. The van der Waals surface area contributed by atoms with Gasteiger partial charge in [-0.15, -0.1) is 0 Å². The number of aryl methyl sites for hydroxylation is 1. The number of hydrogen-bond donors (Lipinski definition) is 2. The molecule has 1 unspecified atom stereocenters. The van der Waals surface area contributed by atoms with E-state index in [1.165, 1.54) is 6.07 Å². The van der Waals surface area contributed by atoms with Crippen LogP contribution >= 0.6 is 0 Å². The van der Waals surface area contributed by atoms with Gasteiger partial charge >= 0.3 is 0 Å². The number of benzene rings is 2. The summed E-state index contributed by atoms with van der Waals surface area (Å²) in [7, 11) is 1.88. The van der Waals surface area contributed by atoms with Crippen LogP contribution in [0.25, 0.3) is 0 Å². The smallest absolute Gasteiger partial charge is 0.279 e. The summed E-state index contributed by atoms with van der Waals surface area (Å²) in [6, 6.07) is 12.5. The van der Waals surface area contributed by atoms with Gasteiger partial charge in [0.15, 0.2) is 6.54 Å². The Morgan fingerprint density at radius 2 is 1.86 bits per heavy atom. The largest absolute Gasteiger partial charge is 0.326 e. The fraction of sp³-hybridized carbons (Fsp3) is 0.278. The first kappa shape index (κ1) is 16.2. The Balaban J connectivity index is 1.94. The third-order valence-electron chi connectivity index (χ3n) is 3.79. The van der Waals surface area contributed by atoms with Crippen LogP contribution in [0.4, 0.5) is 10.1 Å². The second-order valence-corrected chi connectivity index (χ2v) is 5.70. The predicted octanol–water partition coefficient (Wildman–Crippen LogP) is 2.10. The van der Waals surface area contributed by atoms with Gasteiger partial charge in [0, 0.05) is 11.3 Å². The van der Waals surface area contributed by atoms with Crippen molar-refractivity contribution >= 4 is 11.6 Å². The molecule has 0 saturated heterocycles. The summed E-state index contributed by atoms with van der Waals surface area (Å²) in [6.07, 6.45) is 0. The van der Waals surface area contributed by atoms with E-state index in [2.05, 4.69) is 5.32 Å². The lowest BCUT2D eigenvalue weighted by Crippen LogP contribution is -3.08. The van der Waals surface area contributed by atoms with Crippen molar-refractivity contribution < 1.29 is 14.1 Å². The molecule has 22 heavy (non-hydrogen) atoms. The highest BCUT2D eigenvalue weighted by Gasteiger charge is 2.13. The molecule has 0 aliphatic heterocycles. The van der Waals surface area contributed by atoms with Crippen molar-refractivity contribution in [1.82, 2.24) is 0 Å². The predicted molar refractivity (Wildman–Crippen MR) is 86.4 cm³/mol. The molecule has 2 aromatic carbocycles. The van der Waals surface area contributed by atoms with Crippen LogP contribution in [0.1, 0.15) is 16.7 Å². The van der Waals surface area contributed by atoms with Crippen molar-refractivity contribution in [2.75, 3.05) is 18.9 Å². The van der Waals surface area contributed by atoms with Crippen LogP contribution in [0.15, 0.2) is 42.5 Å². The SMILES string of the molecule is Cc1cccc(NC(=O)C[NH+](C)Cc2ccccc2F)c1C. The molecule has 4 heteroatoms. The van der Waals surface area contributed by atoms with Crippen LogP contribution in [-0.2, 0) is 11.3 Å². The number of nitrogens with one attached hydrogen (secondary N) is 2. The summed E-state index contributed by atoms with van der Waals surface area (Å²) < 4.78 is 13.6. The summed E-state index contributed by atoms with van der Waals surface area (Å²) >= 11 is 0. The molecular weight excluding hydrogens is 279 g/mol. The van der Waals surface area contributed by atoms with E-state index in [9.17, 15) is 9.18 Å². The maximum Gasteiger partial charge on any atom is 0.279 e. The fourth-order valence-electron chi connectivity index (χ4n) is 2.38. The highest BCUT2D eigenvalue weighted by atomic mass is 19.1. The first-order valence-electron chi connectivity index (χ1n) is 7.38. The van der Waals surface area contributed by atoms with E-state index in [-0.39, 0.29) is 11.7 Å². The van der Waals surface area contributed by atoms with E-state index in [1.807, 2.05) is 45.2 Å². The Labute approximate surface area is 130 Å². The molecule has 0 heterocycles. The molecule has 2 N–H and O–H groups in total. The number of rotatable bonds is 5. The molecule has 2 aromatic rings. The van der Waals surface area contributed by atoms with Crippen molar-refractivity contribution in [2.24, 2.45) is 0 Å². The molecule has 1 amide bonds. The van der Waals surface area contributed by atoms with Gasteiger partial charge < -0.3 is 10.2 Å². The maximum atomic E-state index is 13.6. The number of carbonyl (C=O) groups is 1. The number of anilines is 1. The molecule has 0 aliphatic carbocycles. The lowest BCUT2D eigenvalue weighted by Gasteiger charge is -2.15. The Bertz CT molecular complexity index is 670. The molecule has 0 saturated carbocycles. The summed E-state index contributed by atoms with van der Waals surface area (Å²) in [5, 5.41) is 2.93. The summed E-state index contributed by atoms with van der Waals surface area (Å²) in [4.78, 5) is 13.1. The van der Waals surface area contributed by atoms with Crippen molar-refractivity contribution in [3.63, 3.8) is 0 Å². The molecular formula is C18H22FN2O+. The van der Waals surface area contributed by atoms with Crippen LogP contribution in [0.5, 0.6) is 0 Å². The van der Waals surface area contributed by atoms with E-state index >= 15 is 0 Å². The van der Waals surface area contributed by atoms with Crippen molar-refractivity contribution in [1.29, 1.82) is 0 Å². The Kier molecular flexibility index (Phi) is 5.28. The molecule has 0 spiro atoms. The van der Waals surface area contributed by atoms with Gasteiger partial charge in [-0.25, -0.2) is 4.39 Å². The minimum absolute atomic E-state index is 0.0671. The van der Waals surface area contributed by atoms with E-state index in [4.69, 9.17) is 0 Å². The van der Waals surface area contributed by atoms with Crippen molar-refractivity contribution in [3.05, 3.63) is 65.0 Å². The molecule has 2 rings (SSSR count). The quantitative estimate of drug-likeness (QED) is 0.871. The Hall–Kier alpha value is -2.20. The van der Waals surface area contributed by atoms with Crippen molar-refractivity contribution in [3.8, 4) is 0 Å². The van der Waals surface area contributed by atoms with Crippen LogP contribution < -0.4 is 10.2 Å². The zero-order valence-electron chi connectivity index (χ0n) is 13.2. The van der Waals surface area contributed by atoms with E-state index in [0.29, 0.717) is 18.7 Å². The average Bonchev–Trinajstić information content (AvgIpc) is 2.46. The number of amides is 1. The van der Waals surface area contributed by atoms with E-state index < -0.39 is 0 Å². The molecule has 0 aliphatic rings. The van der Waals surface area contributed by atoms with Gasteiger partial charge in [-0.1, -0.05) is 30.3 Å². The minimum Gasteiger partial charge on any atom is -0.326 e. The lowest BCUT2D eigenvalue weighted by atomic mass is 10.1. The van der Waals surface area contributed by atoms with Gasteiger partial charge in [-0.3, -0.25) is 4.79 Å². The van der Waals surface area contributed by atoms with Crippen LogP contribution in [-0.4, -0.2) is 19.5 Å². The number of likely N-dealkylation sites (N-methyl/N-ethyl adjacent to an activating group) is 1. The number of hydrogen-bond acceptors (Lipinski definition) is 1. The Morgan fingerprint density at radius 3 is 2.59 bits per heavy atom. The van der Waals surface area contributed by atoms with Crippen LogP contribution in [0, 0.1) is 19.7 Å². The standard InChI is InChI=1S/C18H21FN2O/c1-13-7-6-10-17(14(13)2)20-18(22)12-21(3)11-15-8-4-5-9-16(15)19/h4-10H,11-12H2,1-3H3,(H,20,22)/p+1. The molecule has 1 atom stereocenters. The zero-order valence-corrected chi connectivity index (χ0v) is 13.2. The first-order chi connectivity index (χ1) is 10.5. The molecule has 116 valence electrons. The fourth-order valence-corrected chi connectivity index (χ4v) is 2.38. The highest BCUT2D eigenvalue weighted by Crippen LogP contribution is 2.17. The molecule has 0 aromatic heterocycles. The summed E-state index contributed by atoms with van der Waals surface area (Å²) in [6.45, 7) is 4.77. The topological polar surface area (TPSA) is 33.5 Å². The van der Waals surface area contributed by atoms with Gasteiger partial charge in [-0.2, -0.15) is 0 Å². The number of carbonyl (C=O) groups excluding carboxylic acids is 1. The summed E-state index contributed by atoms with van der Waals surface area (Å²) in [5.41, 5.74) is 3.68. The number of quaternary nitrogens is 1. The monoisotopic (exact) mass is 301 g/mol. The lowest BCUT2D eigenvalue weighted by molar-refractivity contribution is -0.885. The third-order valence-corrected chi connectivity index (χ3v) is 3.79. The highest BCUT2D eigenvalue weighted by molar-refractivity contribution is 5.92. The molecule has 3 nitrogen and oxygen atoms in total. The first-order valence-corrected chi connectivity index (χ1v) is 7.38. The summed E-state index contributed by atoms with van der Waals surface area (Å²) in [5.74, 6) is -0.292. The molecule has 0 radical (unpaired) electrons. The van der Waals surface area contributed by atoms with Gasteiger partial charge in [0.1, 0.15) is 12.4 Å². The van der Waals surface area contributed by atoms with Crippen LogP contribution in [0.3, 0.4) is 0 Å². The zero-order chi connectivity index (χ0) is 16.1. The van der Waals surface area contributed by atoms with Gasteiger partial charge in [-0.05, 0) is 37.1 Å². The average molecular weight is 301 g/mol. The van der Waals surface area contributed by atoms with E-state index in [1.54, 1.807) is 12.1 Å². The van der Waals surface area contributed by atoms with Gasteiger partial charge in [0.05, 0.1) is 7.05 Å². The van der Waals surface area contributed by atoms with Crippen molar-refractivity contribution in [2.45, 2.75) is 20.4 Å². The normalized spacial score (nSPS) is 12.0. The molecule has 0 bridgehead atoms. The van der Waals surface area contributed by atoms with Gasteiger partial charge in [0.2, 0.25) is 0 Å². The molecule has 0 fully saturated rings. The second-order valence-electron chi connectivity index (χ2n) is 5.70. The third kappa shape index (κ3) is 4.15. The Morgan fingerprint density at radius 1 is 1.14 bits per heavy atom. The van der Waals surface area contributed by atoms with Gasteiger partial charge in [0.25, 0.3) is 5.91 Å². The second kappa shape index (κ2) is 7.18. The van der Waals surface area contributed by atoms with E-state index in [0.717, 1.165) is 21.7 Å².